The molecule has 5 aromatic carbocycles. The Hall–Kier alpha value is -5.41. The molecule has 2 amide bonds. The molecule has 2 aliphatic rings. The number of nitro benzene ring substituents is 1. The summed E-state index contributed by atoms with van der Waals surface area (Å²) in [6.45, 7) is 5.38. The van der Waals surface area contributed by atoms with Crippen LogP contribution in [-0.2, 0) is 21.4 Å². The summed E-state index contributed by atoms with van der Waals surface area (Å²) in [5.41, 5.74) is 4.09. The van der Waals surface area contributed by atoms with Gasteiger partial charge in [0.25, 0.3) is 21.6 Å². The van der Waals surface area contributed by atoms with Crippen LogP contribution in [0.3, 0.4) is 0 Å². The maximum absolute atomic E-state index is 13.5. The van der Waals surface area contributed by atoms with Crippen molar-refractivity contribution in [3.05, 3.63) is 148 Å². The lowest BCUT2D eigenvalue weighted by Gasteiger charge is -2.36. The van der Waals surface area contributed by atoms with Gasteiger partial charge in [0.05, 0.1) is 4.92 Å². The fraction of sp³-hybridized carbons (Fsp3) is 0.256. The van der Waals surface area contributed by atoms with E-state index in [0.29, 0.717) is 23.9 Å². The van der Waals surface area contributed by atoms with Crippen molar-refractivity contribution in [3.63, 3.8) is 0 Å². The lowest BCUT2D eigenvalue weighted by Crippen LogP contribution is -2.46. The van der Waals surface area contributed by atoms with E-state index in [1.54, 1.807) is 40.9 Å². The number of carbonyl (C=O) groups is 2. The minimum Gasteiger partial charge on any atom is -0.381 e. The molecule has 300 valence electrons. The van der Waals surface area contributed by atoms with Crippen molar-refractivity contribution < 1.29 is 22.9 Å². The smallest absolute Gasteiger partial charge is 0.291 e. The molecule has 5 aromatic rings. The SMILES string of the molecule is O=C(NS(=O)(=O)c1ccc(N[C@@H](CSc2ccccc2)CC(=O)N2CCC2)cc1[N+](=O)[O-])c1ccc(N2CCN(Cc3ccccc3-c3ccc(Cl)cc3)CC2)cc1. The van der Waals surface area contributed by atoms with Gasteiger partial charge < -0.3 is 15.1 Å². The summed E-state index contributed by atoms with van der Waals surface area (Å²) in [6, 6.07) is 35.8. The number of halogens is 1. The van der Waals surface area contributed by atoms with Gasteiger partial charge in [0.15, 0.2) is 4.90 Å². The third-order valence-electron chi connectivity index (χ3n) is 10.3. The number of piperazine rings is 1. The summed E-state index contributed by atoms with van der Waals surface area (Å²) >= 11 is 7.65. The molecule has 2 aliphatic heterocycles. The number of sulfonamides is 1. The number of hydrogen-bond donors (Lipinski definition) is 2. The number of hydrogen-bond acceptors (Lipinski definition) is 10. The monoisotopic (exact) mass is 838 g/mol. The summed E-state index contributed by atoms with van der Waals surface area (Å²) in [4.78, 5) is 44.2. The molecule has 2 heterocycles. The van der Waals surface area contributed by atoms with Crippen molar-refractivity contribution in [1.82, 2.24) is 14.5 Å². The highest BCUT2D eigenvalue weighted by Crippen LogP contribution is 2.30. The second-order valence-corrected chi connectivity index (χ2v) is 17.4. The lowest BCUT2D eigenvalue weighted by atomic mass is 9.99. The number of nitro groups is 1. The first kappa shape index (κ1) is 40.8. The van der Waals surface area contributed by atoms with Crippen LogP contribution in [0.1, 0.15) is 28.8 Å². The van der Waals surface area contributed by atoms with Gasteiger partial charge in [-0.15, -0.1) is 11.8 Å². The molecular formula is C43H43ClN6O6S2. The zero-order chi connectivity index (χ0) is 40.6. The number of carbonyl (C=O) groups excluding carboxylic acids is 2. The zero-order valence-corrected chi connectivity index (χ0v) is 34.0. The Morgan fingerprint density at radius 2 is 1.52 bits per heavy atom. The van der Waals surface area contributed by atoms with Gasteiger partial charge in [-0.2, -0.15) is 0 Å². The van der Waals surface area contributed by atoms with E-state index in [1.165, 1.54) is 17.2 Å². The van der Waals surface area contributed by atoms with Gasteiger partial charge in [-0.25, -0.2) is 13.1 Å². The molecule has 0 bridgehead atoms. The predicted octanol–water partition coefficient (Wildman–Crippen LogP) is 7.55. The molecular weight excluding hydrogens is 796 g/mol. The molecule has 2 saturated heterocycles. The Morgan fingerprint density at radius 3 is 2.19 bits per heavy atom. The summed E-state index contributed by atoms with van der Waals surface area (Å²) < 4.78 is 28.9. The van der Waals surface area contributed by atoms with Crippen molar-refractivity contribution >= 4 is 62.3 Å². The van der Waals surface area contributed by atoms with Crippen LogP contribution in [0.15, 0.2) is 131 Å². The van der Waals surface area contributed by atoms with Gasteiger partial charge in [0, 0.05) is 97.0 Å². The van der Waals surface area contributed by atoms with E-state index in [9.17, 15) is 28.1 Å². The van der Waals surface area contributed by atoms with Crippen molar-refractivity contribution in [3.8, 4) is 11.1 Å². The van der Waals surface area contributed by atoms with Crippen molar-refractivity contribution in [1.29, 1.82) is 0 Å². The van der Waals surface area contributed by atoms with Gasteiger partial charge >= 0.3 is 0 Å². The standard InChI is InChI=1S/C43H43ClN6O6S2/c44-34-15-11-31(12-16-34)39-10-5-4-7-33(39)29-47-23-25-48(26-24-47)37-18-13-32(14-19-37)43(52)46-58(55,56)41-20-17-35(27-40(41)50(53)54)45-36(28-42(51)49-21-6-22-49)30-57-38-8-2-1-3-9-38/h1-5,7-20,27,36,45H,6,21-26,28-30H2,(H,46,52)/t36-/m1/s1. The molecule has 0 saturated carbocycles. The Balaban J connectivity index is 0.966. The highest BCUT2D eigenvalue weighted by molar-refractivity contribution is 7.99. The number of rotatable bonds is 15. The molecule has 2 fully saturated rings. The van der Waals surface area contributed by atoms with Gasteiger partial charge in [-0.3, -0.25) is 24.6 Å². The highest BCUT2D eigenvalue weighted by Gasteiger charge is 2.30. The number of amides is 2. The summed E-state index contributed by atoms with van der Waals surface area (Å²) in [5, 5.41) is 16.1. The number of likely N-dealkylation sites (tertiary alicyclic amines) is 1. The first-order valence-corrected chi connectivity index (χ1v) is 21.9. The summed E-state index contributed by atoms with van der Waals surface area (Å²) in [6.07, 6.45) is 1.12. The molecule has 0 radical (unpaired) electrons. The fourth-order valence-corrected chi connectivity index (χ4v) is 9.22. The fourth-order valence-electron chi connectivity index (χ4n) is 7.02. The maximum Gasteiger partial charge on any atom is 0.291 e. The second kappa shape index (κ2) is 18.5. The molecule has 15 heteroatoms. The zero-order valence-electron chi connectivity index (χ0n) is 31.6. The second-order valence-electron chi connectivity index (χ2n) is 14.3. The molecule has 0 spiro atoms. The molecule has 0 aliphatic carbocycles. The molecule has 2 N–H and O–H groups in total. The number of nitrogens with one attached hydrogen (secondary N) is 2. The van der Waals surface area contributed by atoms with Crippen LogP contribution >= 0.6 is 23.4 Å². The minimum absolute atomic E-state index is 0.0204. The van der Waals surface area contributed by atoms with Gasteiger partial charge in [-0.1, -0.05) is 66.2 Å². The van der Waals surface area contributed by atoms with E-state index < -0.39 is 37.5 Å². The van der Waals surface area contributed by atoms with E-state index >= 15 is 0 Å². The number of benzene rings is 5. The molecule has 7 rings (SSSR count). The highest BCUT2D eigenvalue weighted by atomic mass is 35.5. The average molecular weight is 839 g/mol. The normalized spacial score (nSPS) is 15.0. The molecule has 0 unspecified atom stereocenters. The molecule has 12 nitrogen and oxygen atoms in total. The van der Waals surface area contributed by atoms with Crippen LogP contribution in [-0.4, -0.2) is 86.0 Å². The molecule has 58 heavy (non-hydrogen) atoms. The van der Waals surface area contributed by atoms with E-state index in [-0.39, 0.29) is 23.6 Å². The predicted molar refractivity (Wildman–Crippen MR) is 229 cm³/mol. The summed E-state index contributed by atoms with van der Waals surface area (Å²) in [7, 11) is -4.64. The van der Waals surface area contributed by atoms with Crippen LogP contribution in [0.25, 0.3) is 11.1 Å². The maximum atomic E-state index is 13.5. The third kappa shape index (κ3) is 10.2. The van der Waals surface area contributed by atoms with E-state index in [1.807, 2.05) is 71.5 Å². The Bertz CT molecular complexity index is 2360. The van der Waals surface area contributed by atoms with Crippen molar-refractivity contribution in [2.24, 2.45) is 0 Å². The van der Waals surface area contributed by atoms with E-state index in [2.05, 4.69) is 27.2 Å². The Morgan fingerprint density at radius 1 is 0.828 bits per heavy atom. The number of nitrogens with zero attached hydrogens (tertiary/aromatic N) is 4. The lowest BCUT2D eigenvalue weighted by molar-refractivity contribution is -0.387. The van der Waals surface area contributed by atoms with Gasteiger partial charge in [0.2, 0.25) is 5.91 Å². The van der Waals surface area contributed by atoms with Crippen LogP contribution in [0.5, 0.6) is 0 Å². The minimum atomic E-state index is -4.64. The molecule has 0 aromatic heterocycles. The van der Waals surface area contributed by atoms with Crippen molar-refractivity contribution in [2.75, 3.05) is 55.2 Å². The first-order chi connectivity index (χ1) is 28.0. The van der Waals surface area contributed by atoms with Gasteiger partial charge in [0.1, 0.15) is 0 Å². The largest absolute Gasteiger partial charge is 0.381 e. The van der Waals surface area contributed by atoms with Crippen LogP contribution < -0.4 is 14.9 Å². The third-order valence-corrected chi connectivity index (χ3v) is 13.1. The van der Waals surface area contributed by atoms with Crippen LogP contribution in [0, 0.1) is 10.1 Å². The Labute approximate surface area is 347 Å². The first-order valence-electron chi connectivity index (χ1n) is 19.0. The van der Waals surface area contributed by atoms with Gasteiger partial charge in [-0.05, 0) is 83.8 Å². The molecule has 1 atom stereocenters. The van der Waals surface area contributed by atoms with E-state index in [0.717, 1.165) is 67.4 Å². The van der Waals surface area contributed by atoms with E-state index in [4.69, 9.17) is 11.6 Å². The number of anilines is 2. The van der Waals surface area contributed by atoms with Crippen molar-refractivity contribution in [2.45, 2.75) is 35.2 Å². The quantitative estimate of drug-likeness (QED) is 0.0616. The Kier molecular flexibility index (Phi) is 13.0. The average Bonchev–Trinajstić information content (AvgIpc) is 3.20. The summed E-state index contributed by atoms with van der Waals surface area (Å²) in [5.74, 6) is -0.439. The van der Waals surface area contributed by atoms with Crippen LogP contribution in [0.4, 0.5) is 17.1 Å². The number of thioether (sulfide) groups is 1. The van der Waals surface area contributed by atoms with Crippen LogP contribution in [0.2, 0.25) is 5.02 Å². The topological polar surface area (TPSA) is 145 Å².